The number of sulfonamides is 1. The third kappa shape index (κ3) is 6.99. The minimum atomic E-state index is -4.67. The average Bonchev–Trinajstić information content (AvgIpc) is 2.98. The van der Waals surface area contributed by atoms with Crippen LogP contribution in [-0.2, 0) is 23.2 Å². The first-order chi connectivity index (χ1) is 21.5. The number of amides is 1. The molecule has 1 atom stereocenters. The van der Waals surface area contributed by atoms with Gasteiger partial charge in [-0.15, -0.1) is 0 Å². The van der Waals surface area contributed by atoms with Crippen molar-refractivity contribution >= 4 is 55.9 Å². The summed E-state index contributed by atoms with van der Waals surface area (Å²) < 4.78 is 66.2. The number of rotatable bonds is 7. The standard InChI is InChI=1S/C28H29ClF3N9O4S/c1-15-13-17(16(2)34-19-5-6-20(29)35-23(19)24(42)38-46(4,44)45)22-18(14-15)25(43)39(3)27(37-22)41-11-9-40(10-12-41)21-7-8-33-26(36-21)28(30,31)32/h5-8,13-14,16,34H,9-12H2,1-4H3,(H,38,42)/t16-/m1/s1. The first-order valence-electron chi connectivity index (χ1n) is 13.9. The first kappa shape index (κ1) is 32.9. The number of nitrogens with zero attached hydrogens (tertiary/aromatic N) is 7. The van der Waals surface area contributed by atoms with E-state index in [9.17, 15) is 31.2 Å². The lowest BCUT2D eigenvalue weighted by Gasteiger charge is -2.36. The molecular formula is C28H29ClF3N9O4S. The lowest BCUT2D eigenvalue weighted by atomic mass is 10.0. The van der Waals surface area contributed by atoms with E-state index in [2.05, 4.69) is 20.3 Å². The molecule has 2 N–H and O–H groups in total. The predicted octanol–water partition coefficient (Wildman–Crippen LogP) is 3.29. The van der Waals surface area contributed by atoms with Gasteiger partial charge in [-0.25, -0.2) is 33.1 Å². The largest absolute Gasteiger partial charge is 0.451 e. The third-order valence-corrected chi connectivity index (χ3v) is 8.07. The van der Waals surface area contributed by atoms with Gasteiger partial charge in [-0.05, 0) is 43.7 Å². The maximum Gasteiger partial charge on any atom is 0.451 e. The van der Waals surface area contributed by atoms with Crippen LogP contribution < -0.4 is 25.4 Å². The summed E-state index contributed by atoms with van der Waals surface area (Å²) in [5.41, 5.74) is 1.47. The average molecular weight is 680 g/mol. The molecule has 244 valence electrons. The van der Waals surface area contributed by atoms with Gasteiger partial charge in [0.05, 0.1) is 28.9 Å². The number of benzene rings is 1. The van der Waals surface area contributed by atoms with Gasteiger partial charge in [0, 0.05) is 45.0 Å². The number of pyridine rings is 1. The molecule has 3 aromatic heterocycles. The van der Waals surface area contributed by atoms with Gasteiger partial charge in [-0.3, -0.25) is 14.2 Å². The van der Waals surface area contributed by atoms with Crippen molar-refractivity contribution in [1.82, 2.24) is 29.2 Å². The molecule has 4 aromatic rings. The van der Waals surface area contributed by atoms with E-state index in [-0.39, 0.29) is 27.9 Å². The van der Waals surface area contributed by atoms with Gasteiger partial charge in [0.15, 0.2) is 5.69 Å². The number of carbonyl (C=O) groups is 1. The molecule has 13 nitrogen and oxygen atoms in total. The van der Waals surface area contributed by atoms with Gasteiger partial charge < -0.3 is 15.1 Å². The number of nitrogens with one attached hydrogen (secondary N) is 2. The Morgan fingerprint density at radius 1 is 1.04 bits per heavy atom. The molecule has 0 radical (unpaired) electrons. The molecule has 0 aliphatic carbocycles. The molecule has 46 heavy (non-hydrogen) atoms. The molecule has 0 saturated carbocycles. The highest BCUT2D eigenvalue weighted by atomic mass is 35.5. The van der Waals surface area contributed by atoms with Crippen LogP contribution in [-0.4, -0.2) is 71.3 Å². The number of piperazine rings is 1. The van der Waals surface area contributed by atoms with Crippen molar-refractivity contribution in [2.45, 2.75) is 26.1 Å². The minimum Gasteiger partial charge on any atom is -0.377 e. The number of halogens is 4. The van der Waals surface area contributed by atoms with Crippen LogP contribution in [0.1, 0.15) is 40.4 Å². The fourth-order valence-electron chi connectivity index (χ4n) is 5.20. The van der Waals surface area contributed by atoms with Crippen molar-refractivity contribution < 1.29 is 26.4 Å². The van der Waals surface area contributed by atoms with Crippen LogP contribution in [0.3, 0.4) is 0 Å². The molecule has 0 spiro atoms. The molecule has 0 bridgehead atoms. The smallest absolute Gasteiger partial charge is 0.377 e. The number of aromatic nitrogens is 5. The van der Waals surface area contributed by atoms with Crippen LogP contribution in [0.2, 0.25) is 5.15 Å². The Balaban J connectivity index is 1.46. The zero-order valence-electron chi connectivity index (χ0n) is 25.1. The highest BCUT2D eigenvalue weighted by Crippen LogP contribution is 2.30. The zero-order valence-corrected chi connectivity index (χ0v) is 26.6. The van der Waals surface area contributed by atoms with Crippen LogP contribution in [0, 0.1) is 6.92 Å². The van der Waals surface area contributed by atoms with Crippen LogP contribution in [0.5, 0.6) is 0 Å². The fraction of sp³-hybridized carbons (Fsp3) is 0.357. The predicted molar refractivity (Wildman–Crippen MR) is 167 cm³/mol. The minimum absolute atomic E-state index is 0.0201. The molecule has 1 saturated heterocycles. The summed E-state index contributed by atoms with van der Waals surface area (Å²) in [5, 5.41) is 3.51. The van der Waals surface area contributed by atoms with Crippen molar-refractivity contribution in [3.63, 3.8) is 0 Å². The summed E-state index contributed by atoms with van der Waals surface area (Å²) in [6, 6.07) is 7.38. The molecule has 1 fully saturated rings. The quantitative estimate of drug-likeness (QED) is 0.277. The summed E-state index contributed by atoms with van der Waals surface area (Å²) >= 11 is 6.00. The summed E-state index contributed by atoms with van der Waals surface area (Å²) in [6.45, 7) is 4.96. The lowest BCUT2D eigenvalue weighted by Crippen LogP contribution is -2.48. The van der Waals surface area contributed by atoms with E-state index in [1.54, 1.807) is 24.9 Å². The van der Waals surface area contributed by atoms with Crippen molar-refractivity contribution in [1.29, 1.82) is 0 Å². The molecule has 18 heteroatoms. The van der Waals surface area contributed by atoms with Gasteiger partial charge in [-0.1, -0.05) is 17.7 Å². The normalized spacial score (nSPS) is 14.8. The van der Waals surface area contributed by atoms with Crippen molar-refractivity contribution in [2.75, 3.05) is 47.6 Å². The highest BCUT2D eigenvalue weighted by Gasteiger charge is 2.35. The highest BCUT2D eigenvalue weighted by molar-refractivity contribution is 7.89. The van der Waals surface area contributed by atoms with E-state index >= 15 is 0 Å². The Hall–Kier alpha value is -4.51. The summed E-state index contributed by atoms with van der Waals surface area (Å²) in [4.78, 5) is 45.8. The molecular weight excluding hydrogens is 651 g/mol. The Morgan fingerprint density at radius 3 is 2.37 bits per heavy atom. The fourth-order valence-corrected chi connectivity index (χ4v) is 5.79. The van der Waals surface area contributed by atoms with E-state index in [1.807, 2.05) is 22.6 Å². The molecule has 4 heterocycles. The lowest BCUT2D eigenvalue weighted by molar-refractivity contribution is -0.144. The van der Waals surface area contributed by atoms with Gasteiger partial charge in [0.1, 0.15) is 11.0 Å². The SMILES string of the molecule is Cc1cc([C@@H](C)Nc2ccc(Cl)nc2C(=O)NS(C)(=O)=O)c2nc(N3CCN(c4ccnc(C(F)(F)F)n4)CC3)n(C)c(=O)c2c1. The van der Waals surface area contributed by atoms with E-state index in [0.29, 0.717) is 48.6 Å². The Kier molecular flexibility index (Phi) is 8.83. The number of hydrogen-bond acceptors (Lipinski definition) is 11. The number of carbonyl (C=O) groups excluding carboxylic acids is 1. The van der Waals surface area contributed by atoms with E-state index in [1.165, 1.54) is 22.8 Å². The van der Waals surface area contributed by atoms with Crippen molar-refractivity contribution in [3.05, 3.63) is 74.7 Å². The molecule has 1 aliphatic heterocycles. The molecule has 1 amide bonds. The van der Waals surface area contributed by atoms with Crippen LogP contribution in [0.15, 0.2) is 41.3 Å². The maximum absolute atomic E-state index is 13.6. The molecule has 5 rings (SSSR count). The van der Waals surface area contributed by atoms with Gasteiger partial charge >= 0.3 is 6.18 Å². The first-order valence-corrected chi connectivity index (χ1v) is 16.2. The number of fused-ring (bicyclic) bond motifs is 1. The van der Waals surface area contributed by atoms with Crippen LogP contribution in [0.4, 0.5) is 30.6 Å². The van der Waals surface area contributed by atoms with E-state index in [4.69, 9.17) is 16.6 Å². The Morgan fingerprint density at radius 2 is 1.72 bits per heavy atom. The van der Waals surface area contributed by atoms with Crippen LogP contribution in [0.25, 0.3) is 10.9 Å². The summed E-state index contributed by atoms with van der Waals surface area (Å²) in [7, 11) is -2.28. The van der Waals surface area contributed by atoms with Crippen molar-refractivity contribution in [2.24, 2.45) is 7.05 Å². The summed E-state index contributed by atoms with van der Waals surface area (Å²) in [6.07, 6.45) is -2.75. The van der Waals surface area contributed by atoms with Gasteiger partial charge in [-0.2, -0.15) is 13.2 Å². The second kappa shape index (κ2) is 12.4. The third-order valence-electron chi connectivity index (χ3n) is 7.30. The van der Waals surface area contributed by atoms with Gasteiger partial charge in [0.25, 0.3) is 11.5 Å². The Labute approximate surface area is 266 Å². The number of alkyl halides is 3. The number of anilines is 3. The Bertz CT molecular complexity index is 2000. The van der Waals surface area contributed by atoms with E-state index < -0.39 is 34.0 Å². The summed E-state index contributed by atoms with van der Waals surface area (Å²) in [5.74, 6) is -1.66. The van der Waals surface area contributed by atoms with E-state index in [0.717, 1.165) is 18.0 Å². The molecule has 1 aliphatic rings. The second-order valence-corrected chi connectivity index (χ2v) is 13.0. The van der Waals surface area contributed by atoms with Crippen molar-refractivity contribution in [3.8, 4) is 0 Å². The second-order valence-electron chi connectivity index (χ2n) is 10.8. The zero-order chi connectivity index (χ0) is 33.6. The maximum atomic E-state index is 13.6. The monoisotopic (exact) mass is 679 g/mol. The van der Waals surface area contributed by atoms with Crippen LogP contribution >= 0.6 is 11.6 Å². The number of hydrogen-bond donors (Lipinski definition) is 2. The molecule has 1 aromatic carbocycles. The van der Waals surface area contributed by atoms with Gasteiger partial charge in [0.2, 0.25) is 21.8 Å². The number of aryl methyl sites for hydroxylation is 1. The topological polar surface area (TPSA) is 155 Å². The molecule has 0 unspecified atom stereocenters.